The van der Waals surface area contributed by atoms with Gasteiger partial charge >= 0.3 is 12.2 Å². The molecule has 0 aromatic heterocycles. The number of carbonyl (C=O) groups is 2. The molecule has 31 heavy (non-hydrogen) atoms. The molecule has 1 aliphatic heterocycles. The molecule has 3 atom stereocenters. The first-order chi connectivity index (χ1) is 14.7. The monoisotopic (exact) mass is 437 g/mol. The van der Waals surface area contributed by atoms with Crippen molar-refractivity contribution in [1.82, 2.24) is 9.80 Å². The molecule has 2 N–H and O–H groups in total. The molecule has 0 unspecified atom stereocenters. The average Bonchev–Trinajstić information content (AvgIpc) is 3.15. The molecule has 1 heterocycles. The van der Waals surface area contributed by atoms with Gasteiger partial charge in [0.1, 0.15) is 13.2 Å². The lowest BCUT2D eigenvalue weighted by atomic mass is 10.0. The second-order valence-corrected chi connectivity index (χ2v) is 7.23. The van der Waals surface area contributed by atoms with E-state index in [-0.39, 0.29) is 44.8 Å². The van der Waals surface area contributed by atoms with E-state index in [0.717, 1.165) is 0 Å². The fraction of sp³-hybridized carbons (Fsp3) is 0.500. The highest BCUT2D eigenvalue weighted by Crippen LogP contribution is 2.24. The van der Waals surface area contributed by atoms with Crippen LogP contribution in [-0.4, -0.2) is 82.1 Å². The van der Waals surface area contributed by atoms with E-state index in [1.54, 1.807) is 0 Å². The zero-order valence-corrected chi connectivity index (χ0v) is 17.3. The highest BCUT2D eigenvalue weighted by Gasteiger charge is 2.39. The first kappa shape index (κ1) is 24.1. The highest BCUT2D eigenvalue weighted by molar-refractivity contribution is 5.69. The van der Waals surface area contributed by atoms with Crippen molar-refractivity contribution in [3.8, 4) is 0 Å². The molecular weight excluding hydrogens is 410 g/mol. The number of hydrogen-bond donors (Lipinski definition) is 2. The quantitative estimate of drug-likeness (QED) is 0.337. The average molecular weight is 437 g/mol. The highest BCUT2D eigenvalue weighted by atomic mass is 16.6. The van der Waals surface area contributed by atoms with E-state index in [0.29, 0.717) is 5.56 Å². The fourth-order valence-corrected chi connectivity index (χ4v) is 3.21. The fourth-order valence-electron chi connectivity index (χ4n) is 3.21. The van der Waals surface area contributed by atoms with Crippen LogP contribution in [0, 0.1) is 10.1 Å². The minimum Gasteiger partial charge on any atom is -0.445 e. The van der Waals surface area contributed by atoms with Gasteiger partial charge in [0.25, 0.3) is 5.69 Å². The molecule has 2 amide bonds. The molecule has 1 fully saturated rings. The van der Waals surface area contributed by atoms with Crippen LogP contribution in [0.3, 0.4) is 0 Å². The number of benzene rings is 1. The summed E-state index contributed by atoms with van der Waals surface area (Å²) in [4.78, 5) is 37.0. The molecule has 1 aliphatic rings. The Bertz CT molecular complexity index is 785. The number of amides is 2. The van der Waals surface area contributed by atoms with E-state index in [2.05, 4.69) is 6.58 Å². The molecule has 0 saturated carbocycles. The Morgan fingerprint density at radius 3 is 2.68 bits per heavy atom. The Morgan fingerprint density at radius 2 is 2.06 bits per heavy atom. The summed E-state index contributed by atoms with van der Waals surface area (Å²) in [6, 6.07) is 4.92. The van der Waals surface area contributed by atoms with Crippen LogP contribution in [0.5, 0.6) is 0 Å². The first-order valence-electron chi connectivity index (χ1n) is 9.74. The van der Waals surface area contributed by atoms with Crippen LogP contribution in [0.2, 0.25) is 0 Å². The van der Waals surface area contributed by atoms with E-state index in [1.807, 2.05) is 0 Å². The van der Waals surface area contributed by atoms with E-state index in [4.69, 9.17) is 9.47 Å². The summed E-state index contributed by atoms with van der Waals surface area (Å²) in [7, 11) is 1.53. The number of rotatable bonds is 9. The number of likely N-dealkylation sites (tertiary alicyclic amines) is 1. The van der Waals surface area contributed by atoms with Crippen LogP contribution in [0.25, 0.3) is 0 Å². The van der Waals surface area contributed by atoms with Crippen molar-refractivity contribution in [1.29, 1.82) is 0 Å². The molecule has 1 aromatic rings. The van der Waals surface area contributed by atoms with E-state index < -0.39 is 35.4 Å². The summed E-state index contributed by atoms with van der Waals surface area (Å²) < 4.78 is 10.2. The zero-order chi connectivity index (χ0) is 23.0. The van der Waals surface area contributed by atoms with Gasteiger partial charge in [-0.2, -0.15) is 0 Å². The Balaban J connectivity index is 1.88. The van der Waals surface area contributed by atoms with Crippen molar-refractivity contribution in [3.63, 3.8) is 0 Å². The van der Waals surface area contributed by atoms with Crippen LogP contribution in [0.15, 0.2) is 36.9 Å². The lowest BCUT2D eigenvalue weighted by molar-refractivity contribution is -0.384. The number of nitro groups is 1. The van der Waals surface area contributed by atoms with Crippen LogP contribution in [0.1, 0.15) is 18.4 Å². The first-order valence-corrected chi connectivity index (χ1v) is 9.74. The van der Waals surface area contributed by atoms with Gasteiger partial charge < -0.3 is 24.6 Å². The van der Waals surface area contributed by atoms with Crippen LogP contribution in [-0.2, 0) is 16.1 Å². The van der Waals surface area contributed by atoms with Gasteiger partial charge in [-0.05, 0) is 30.5 Å². The van der Waals surface area contributed by atoms with Crippen molar-refractivity contribution < 1.29 is 34.2 Å². The minimum atomic E-state index is -0.987. The zero-order valence-electron chi connectivity index (χ0n) is 17.3. The molecule has 0 aliphatic carbocycles. The molecule has 0 spiro atoms. The third kappa shape index (κ3) is 6.93. The van der Waals surface area contributed by atoms with Crippen molar-refractivity contribution >= 4 is 17.9 Å². The van der Waals surface area contributed by atoms with Gasteiger partial charge in [0.15, 0.2) is 0 Å². The molecule has 11 heteroatoms. The number of non-ortho nitro benzene ring substituents is 1. The largest absolute Gasteiger partial charge is 0.445 e. The lowest BCUT2D eigenvalue weighted by Gasteiger charge is -2.28. The summed E-state index contributed by atoms with van der Waals surface area (Å²) >= 11 is 0. The smallest absolute Gasteiger partial charge is 0.410 e. The van der Waals surface area contributed by atoms with Crippen LogP contribution in [0.4, 0.5) is 15.3 Å². The number of β-amino-alcohol motifs (C(OH)–C–C–N with tert-alkyl or cyclic N) is 1. The molecule has 1 aromatic carbocycles. The number of aliphatic hydroxyl groups excluding tert-OH is 2. The van der Waals surface area contributed by atoms with Crippen molar-refractivity contribution in [3.05, 3.63) is 52.6 Å². The third-order valence-corrected chi connectivity index (χ3v) is 4.91. The Labute approximate surface area is 179 Å². The topological polar surface area (TPSA) is 143 Å². The van der Waals surface area contributed by atoms with Crippen molar-refractivity contribution in [2.24, 2.45) is 0 Å². The molecule has 2 rings (SSSR count). The number of hydrogen-bond acceptors (Lipinski definition) is 8. The normalized spacial score (nSPS) is 18.9. The van der Waals surface area contributed by atoms with Crippen molar-refractivity contribution in [2.45, 2.75) is 37.7 Å². The predicted molar refractivity (Wildman–Crippen MR) is 109 cm³/mol. The van der Waals surface area contributed by atoms with Crippen LogP contribution < -0.4 is 0 Å². The van der Waals surface area contributed by atoms with Gasteiger partial charge in [-0.25, -0.2) is 9.59 Å². The Hall–Kier alpha value is -3.18. The standard InChI is InChI=1S/C20H27N3O8/c1-3-10-30-19(26)21(2)9-8-18(25)17-11-16(24)12-22(17)20(27)31-13-14-4-6-15(7-5-14)23(28)29/h3-7,16-18,24-25H,1,8-13H2,2H3/t16-,17+,18-/m1/s1. The predicted octanol–water partition coefficient (Wildman–Crippen LogP) is 1.67. The third-order valence-electron chi connectivity index (χ3n) is 4.91. The molecular formula is C20H27N3O8. The van der Waals surface area contributed by atoms with Gasteiger partial charge in [0.05, 0.1) is 29.7 Å². The molecule has 0 radical (unpaired) electrons. The molecule has 11 nitrogen and oxygen atoms in total. The Morgan fingerprint density at radius 1 is 1.39 bits per heavy atom. The number of ether oxygens (including phenoxy) is 2. The summed E-state index contributed by atoms with van der Waals surface area (Å²) in [6.07, 6.45) is -1.27. The summed E-state index contributed by atoms with van der Waals surface area (Å²) in [6.45, 7) is 3.63. The summed E-state index contributed by atoms with van der Waals surface area (Å²) in [5, 5.41) is 31.2. The molecule has 170 valence electrons. The second kappa shape index (κ2) is 11.3. The van der Waals surface area contributed by atoms with E-state index >= 15 is 0 Å². The molecule has 0 bridgehead atoms. The SMILES string of the molecule is C=CCOC(=O)N(C)CC[C@@H](O)[C@@H]1C[C@@H](O)CN1C(=O)OCc1ccc([N+](=O)[O-])cc1. The van der Waals surface area contributed by atoms with Gasteiger partial charge in [0, 0.05) is 25.7 Å². The van der Waals surface area contributed by atoms with Gasteiger partial charge in [-0.15, -0.1) is 0 Å². The number of nitrogens with zero attached hydrogens (tertiary/aromatic N) is 3. The summed E-state index contributed by atoms with van der Waals surface area (Å²) in [5.41, 5.74) is 0.495. The maximum Gasteiger partial charge on any atom is 0.410 e. The van der Waals surface area contributed by atoms with Crippen LogP contribution >= 0.6 is 0 Å². The van der Waals surface area contributed by atoms with E-state index in [1.165, 1.54) is 47.2 Å². The second-order valence-electron chi connectivity index (χ2n) is 7.23. The number of carbonyl (C=O) groups excluding carboxylic acids is 2. The maximum atomic E-state index is 12.5. The minimum absolute atomic E-state index is 0.0119. The van der Waals surface area contributed by atoms with Gasteiger partial charge in [-0.3, -0.25) is 15.0 Å². The van der Waals surface area contributed by atoms with Gasteiger partial charge in [-0.1, -0.05) is 12.7 Å². The maximum absolute atomic E-state index is 12.5. The summed E-state index contributed by atoms with van der Waals surface area (Å²) in [5.74, 6) is 0. The van der Waals surface area contributed by atoms with Crippen molar-refractivity contribution in [2.75, 3.05) is 26.7 Å². The number of aliphatic hydroxyl groups is 2. The van der Waals surface area contributed by atoms with E-state index in [9.17, 15) is 29.9 Å². The lowest BCUT2D eigenvalue weighted by Crippen LogP contribution is -2.44. The van der Waals surface area contributed by atoms with Gasteiger partial charge in [0.2, 0.25) is 0 Å². The molecule has 1 saturated heterocycles. The number of nitro benzene ring substituents is 1. The Kier molecular flexibility index (Phi) is 8.76.